The molecule has 0 aliphatic heterocycles. The summed E-state index contributed by atoms with van der Waals surface area (Å²) in [4.78, 5) is 25.0. The Labute approximate surface area is 226 Å². The Morgan fingerprint density at radius 1 is 0.947 bits per heavy atom. The number of hydrogen-bond donors (Lipinski definition) is 2. The van der Waals surface area contributed by atoms with Crippen molar-refractivity contribution in [3.05, 3.63) is 107 Å². The van der Waals surface area contributed by atoms with Crippen molar-refractivity contribution in [2.75, 3.05) is 7.11 Å². The van der Waals surface area contributed by atoms with Gasteiger partial charge in [0.05, 0.1) is 19.7 Å². The van der Waals surface area contributed by atoms with Crippen LogP contribution in [0, 0.1) is 0 Å². The van der Waals surface area contributed by atoms with Crippen LogP contribution in [-0.2, 0) is 22.6 Å². The van der Waals surface area contributed by atoms with Gasteiger partial charge in [0.1, 0.15) is 24.1 Å². The lowest BCUT2D eigenvalue weighted by molar-refractivity contribution is -0.128. The van der Waals surface area contributed by atoms with Gasteiger partial charge >= 0.3 is 0 Å². The van der Waals surface area contributed by atoms with E-state index in [1.807, 2.05) is 72.8 Å². The normalized spacial score (nSPS) is 11.8. The number of carbonyl (C=O) groups excluding carboxylic acids is 2. The summed E-state index contributed by atoms with van der Waals surface area (Å²) in [7, 11) is 1.58. The van der Waals surface area contributed by atoms with Crippen LogP contribution < -0.4 is 20.2 Å². The van der Waals surface area contributed by atoms with Crippen molar-refractivity contribution in [3.8, 4) is 11.5 Å². The molecule has 194 valence electrons. The number of ether oxygens (including phenoxy) is 2. The minimum Gasteiger partial charge on any atom is -0.497 e. The number of methoxy groups -OCH3 is 1. The van der Waals surface area contributed by atoms with Crippen LogP contribution in [0.3, 0.4) is 0 Å². The fourth-order valence-electron chi connectivity index (χ4n) is 3.82. The second-order valence-corrected chi connectivity index (χ2v) is 9.10. The largest absolute Gasteiger partial charge is 0.497 e. The Morgan fingerprint density at radius 3 is 2.39 bits per heavy atom. The maximum Gasteiger partial charge on any atom is 0.262 e. The van der Waals surface area contributed by atoms with Gasteiger partial charge in [0.15, 0.2) is 0 Å². The molecule has 2 N–H and O–H groups in total. The van der Waals surface area contributed by atoms with Crippen molar-refractivity contribution in [3.63, 3.8) is 0 Å². The van der Waals surface area contributed by atoms with E-state index in [0.29, 0.717) is 23.1 Å². The molecule has 1 atom stereocenters. The molecule has 4 aromatic carbocycles. The Bertz CT molecular complexity index is 1440. The van der Waals surface area contributed by atoms with E-state index >= 15 is 0 Å². The van der Waals surface area contributed by atoms with Crippen molar-refractivity contribution >= 4 is 40.4 Å². The fraction of sp³-hybridized carbons (Fsp3) is 0.167. The maximum absolute atomic E-state index is 12.6. The molecule has 0 spiro atoms. The number of fused-ring (bicyclic) bond motifs is 1. The second kappa shape index (κ2) is 12.7. The zero-order valence-electron chi connectivity index (χ0n) is 21.1. The third-order valence-corrected chi connectivity index (χ3v) is 6.15. The number of amides is 2. The van der Waals surface area contributed by atoms with Crippen molar-refractivity contribution in [2.24, 2.45) is 5.10 Å². The molecule has 38 heavy (non-hydrogen) atoms. The molecule has 0 aliphatic carbocycles. The van der Waals surface area contributed by atoms with Crippen LogP contribution in [-0.4, -0.2) is 31.2 Å². The van der Waals surface area contributed by atoms with E-state index in [1.54, 1.807) is 32.4 Å². The van der Waals surface area contributed by atoms with E-state index in [9.17, 15) is 9.59 Å². The Balaban J connectivity index is 1.40. The van der Waals surface area contributed by atoms with Crippen LogP contribution in [0.5, 0.6) is 11.5 Å². The van der Waals surface area contributed by atoms with Gasteiger partial charge in [-0.25, -0.2) is 5.43 Å². The molecule has 0 heterocycles. The fourth-order valence-corrected chi connectivity index (χ4v) is 3.95. The quantitative estimate of drug-likeness (QED) is 0.216. The minimum absolute atomic E-state index is 0.148. The molecule has 0 fully saturated rings. The molecular formula is C30H28ClN3O4. The van der Waals surface area contributed by atoms with Crippen LogP contribution in [0.15, 0.2) is 90.0 Å². The number of benzene rings is 4. The van der Waals surface area contributed by atoms with E-state index in [4.69, 9.17) is 21.1 Å². The summed E-state index contributed by atoms with van der Waals surface area (Å²) in [5.41, 5.74) is 5.03. The van der Waals surface area contributed by atoms with Gasteiger partial charge in [-0.05, 0) is 59.2 Å². The summed E-state index contributed by atoms with van der Waals surface area (Å²) < 4.78 is 11.2. The smallest absolute Gasteiger partial charge is 0.262 e. The Hall–Kier alpha value is -4.36. The highest BCUT2D eigenvalue weighted by molar-refractivity contribution is 6.30. The Morgan fingerprint density at radius 2 is 1.66 bits per heavy atom. The van der Waals surface area contributed by atoms with Crippen molar-refractivity contribution in [2.45, 2.75) is 26.0 Å². The molecule has 0 saturated carbocycles. The number of nitrogens with one attached hydrogen (secondary N) is 2. The van der Waals surface area contributed by atoms with Crippen LogP contribution in [0.25, 0.3) is 10.8 Å². The molecule has 1 unspecified atom stereocenters. The molecule has 0 aromatic heterocycles. The molecule has 4 aromatic rings. The molecule has 7 nitrogen and oxygen atoms in total. The summed E-state index contributed by atoms with van der Waals surface area (Å²) in [6.07, 6.45) is 1.71. The third kappa shape index (κ3) is 7.11. The zero-order valence-corrected chi connectivity index (χ0v) is 21.9. The minimum atomic E-state index is -0.772. The predicted octanol–water partition coefficient (Wildman–Crippen LogP) is 5.28. The van der Waals surface area contributed by atoms with Crippen LogP contribution >= 0.6 is 11.6 Å². The van der Waals surface area contributed by atoms with E-state index < -0.39 is 11.9 Å². The maximum atomic E-state index is 12.6. The summed E-state index contributed by atoms with van der Waals surface area (Å²) >= 11 is 5.98. The van der Waals surface area contributed by atoms with E-state index in [0.717, 1.165) is 27.5 Å². The van der Waals surface area contributed by atoms with E-state index in [1.165, 1.54) is 0 Å². The van der Waals surface area contributed by atoms with Crippen molar-refractivity contribution < 1.29 is 19.1 Å². The predicted molar refractivity (Wildman–Crippen MR) is 150 cm³/mol. The van der Waals surface area contributed by atoms with Gasteiger partial charge in [-0.1, -0.05) is 66.2 Å². The van der Waals surface area contributed by atoms with E-state index in [-0.39, 0.29) is 12.3 Å². The number of nitrogens with zero attached hydrogens (tertiary/aromatic N) is 1. The van der Waals surface area contributed by atoms with Gasteiger partial charge in [0.2, 0.25) is 5.91 Å². The molecule has 0 aliphatic rings. The molecule has 4 rings (SSSR count). The number of rotatable bonds is 10. The van der Waals surface area contributed by atoms with Crippen LogP contribution in [0.1, 0.15) is 23.6 Å². The molecule has 0 radical (unpaired) electrons. The lowest BCUT2D eigenvalue weighted by Crippen LogP contribution is -2.43. The monoisotopic (exact) mass is 529 g/mol. The van der Waals surface area contributed by atoms with Gasteiger partial charge in [-0.3, -0.25) is 9.59 Å². The van der Waals surface area contributed by atoms with Crippen molar-refractivity contribution in [1.82, 2.24) is 10.7 Å². The summed E-state index contributed by atoms with van der Waals surface area (Å²) in [5.74, 6) is 0.629. The topological polar surface area (TPSA) is 89.0 Å². The summed E-state index contributed by atoms with van der Waals surface area (Å²) in [6, 6.07) is 25.6. The average molecular weight is 530 g/mol. The third-order valence-electron chi connectivity index (χ3n) is 5.90. The first-order valence-corrected chi connectivity index (χ1v) is 12.4. The number of carbonyl (C=O) groups is 2. The average Bonchev–Trinajstić information content (AvgIpc) is 2.93. The van der Waals surface area contributed by atoms with E-state index in [2.05, 4.69) is 15.8 Å². The molecule has 2 amide bonds. The van der Waals surface area contributed by atoms with Gasteiger partial charge < -0.3 is 14.8 Å². The molecular weight excluding hydrogens is 502 g/mol. The van der Waals surface area contributed by atoms with Crippen LogP contribution in [0.4, 0.5) is 0 Å². The number of hydrazone groups is 1. The standard InChI is InChI=1S/C30H28ClN3O4/c1-20(33-29(35)17-21-9-14-25(37-2)15-10-21)30(36)34-32-18-27-26-6-4-3-5-23(26)11-16-28(27)38-19-22-7-12-24(31)13-8-22/h3-16,18,20H,17,19H2,1-2H3,(H,33,35)(H,34,36). The lowest BCUT2D eigenvalue weighted by atomic mass is 10.0. The lowest BCUT2D eigenvalue weighted by Gasteiger charge is -2.13. The van der Waals surface area contributed by atoms with Gasteiger partial charge in [-0.15, -0.1) is 0 Å². The Kier molecular flexibility index (Phi) is 8.95. The highest BCUT2D eigenvalue weighted by atomic mass is 35.5. The van der Waals surface area contributed by atoms with Gasteiger partial charge in [0, 0.05) is 10.6 Å². The van der Waals surface area contributed by atoms with Gasteiger partial charge in [-0.2, -0.15) is 5.10 Å². The number of hydrogen-bond acceptors (Lipinski definition) is 5. The summed E-state index contributed by atoms with van der Waals surface area (Å²) in [6.45, 7) is 1.95. The molecule has 0 bridgehead atoms. The number of halogens is 1. The van der Waals surface area contributed by atoms with Crippen molar-refractivity contribution in [1.29, 1.82) is 0 Å². The summed E-state index contributed by atoms with van der Waals surface area (Å²) in [5, 5.41) is 9.47. The second-order valence-electron chi connectivity index (χ2n) is 8.66. The molecule has 0 saturated heterocycles. The first kappa shape index (κ1) is 26.7. The van der Waals surface area contributed by atoms with Crippen LogP contribution in [0.2, 0.25) is 5.02 Å². The first-order valence-electron chi connectivity index (χ1n) is 12.1. The van der Waals surface area contributed by atoms with Gasteiger partial charge in [0.25, 0.3) is 5.91 Å². The first-order chi connectivity index (χ1) is 18.4. The highest BCUT2D eigenvalue weighted by Gasteiger charge is 2.16. The SMILES string of the molecule is COc1ccc(CC(=O)NC(C)C(=O)NN=Cc2c(OCc3ccc(Cl)cc3)ccc3ccccc23)cc1. The highest BCUT2D eigenvalue weighted by Crippen LogP contribution is 2.27. The zero-order chi connectivity index (χ0) is 26.9. The molecule has 8 heteroatoms.